The summed E-state index contributed by atoms with van der Waals surface area (Å²) < 4.78 is 1.95. The molecule has 2 rings (SSSR count). The zero-order valence-corrected chi connectivity index (χ0v) is 8.85. The lowest BCUT2D eigenvalue weighted by molar-refractivity contribution is 0.799. The standard InChI is InChI=1S/C12H15N3/c1-2-10-5-3-4-6-11(10)9-15-8-7-14-12(15)13/h3-8H,2,9H2,1H3,(H2,13,14). The first-order chi connectivity index (χ1) is 7.31. The molecule has 78 valence electrons. The number of benzene rings is 1. The van der Waals surface area contributed by atoms with E-state index in [1.807, 2.05) is 10.8 Å². The molecule has 1 aromatic heterocycles. The molecular formula is C12H15N3. The number of imidazole rings is 1. The average molecular weight is 201 g/mol. The molecule has 0 saturated carbocycles. The van der Waals surface area contributed by atoms with Gasteiger partial charge in [-0.3, -0.25) is 0 Å². The fourth-order valence-electron chi connectivity index (χ4n) is 1.71. The van der Waals surface area contributed by atoms with E-state index in [1.54, 1.807) is 6.20 Å². The molecule has 0 aliphatic heterocycles. The van der Waals surface area contributed by atoms with Crippen LogP contribution >= 0.6 is 0 Å². The Morgan fingerprint density at radius 3 is 2.60 bits per heavy atom. The van der Waals surface area contributed by atoms with Gasteiger partial charge in [0.2, 0.25) is 0 Å². The smallest absolute Gasteiger partial charge is 0.200 e. The molecule has 2 aromatic rings. The first kappa shape index (κ1) is 9.77. The van der Waals surface area contributed by atoms with Gasteiger partial charge in [-0.15, -0.1) is 0 Å². The minimum atomic E-state index is 0.570. The summed E-state index contributed by atoms with van der Waals surface area (Å²) in [5.74, 6) is 0.570. The minimum absolute atomic E-state index is 0.570. The van der Waals surface area contributed by atoms with Crippen LogP contribution in [0.5, 0.6) is 0 Å². The van der Waals surface area contributed by atoms with E-state index in [0.29, 0.717) is 5.95 Å². The molecule has 1 aromatic carbocycles. The summed E-state index contributed by atoms with van der Waals surface area (Å²) in [5, 5.41) is 0. The Balaban J connectivity index is 2.28. The molecule has 0 aliphatic carbocycles. The molecule has 0 unspecified atom stereocenters. The van der Waals surface area contributed by atoms with Gasteiger partial charge in [0.1, 0.15) is 0 Å². The van der Waals surface area contributed by atoms with E-state index in [1.165, 1.54) is 11.1 Å². The molecule has 0 spiro atoms. The van der Waals surface area contributed by atoms with E-state index in [4.69, 9.17) is 5.73 Å². The zero-order chi connectivity index (χ0) is 10.7. The Morgan fingerprint density at radius 1 is 1.27 bits per heavy atom. The van der Waals surface area contributed by atoms with Crippen molar-refractivity contribution in [3.63, 3.8) is 0 Å². The van der Waals surface area contributed by atoms with Crippen LogP contribution in [0.2, 0.25) is 0 Å². The lowest BCUT2D eigenvalue weighted by Crippen LogP contribution is -2.05. The monoisotopic (exact) mass is 201 g/mol. The molecule has 0 bridgehead atoms. The Bertz CT molecular complexity index is 446. The summed E-state index contributed by atoms with van der Waals surface area (Å²) in [6, 6.07) is 8.42. The fourth-order valence-corrected chi connectivity index (χ4v) is 1.71. The van der Waals surface area contributed by atoms with Crippen molar-refractivity contribution in [3.8, 4) is 0 Å². The molecule has 2 N–H and O–H groups in total. The van der Waals surface area contributed by atoms with Crippen molar-refractivity contribution in [2.45, 2.75) is 19.9 Å². The Hall–Kier alpha value is -1.77. The second-order valence-corrected chi connectivity index (χ2v) is 3.54. The van der Waals surface area contributed by atoms with E-state index < -0.39 is 0 Å². The maximum absolute atomic E-state index is 5.73. The highest BCUT2D eigenvalue weighted by Gasteiger charge is 2.02. The largest absolute Gasteiger partial charge is 0.369 e. The molecule has 0 atom stereocenters. The quantitative estimate of drug-likeness (QED) is 0.826. The molecule has 0 saturated heterocycles. The summed E-state index contributed by atoms with van der Waals surface area (Å²) in [6.45, 7) is 2.96. The van der Waals surface area contributed by atoms with Gasteiger partial charge in [0.05, 0.1) is 6.54 Å². The third-order valence-electron chi connectivity index (χ3n) is 2.59. The maximum atomic E-state index is 5.73. The van der Waals surface area contributed by atoms with Crippen LogP contribution in [0.15, 0.2) is 36.7 Å². The normalized spacial score (nSPS) is 10.5. The lowest BCUT2D eigenvalue weighted by atomic mass is 10.1. The van der Waals surface area contributed by atoms with Crippen molar-refractivity contribution in [1.82, 2.24) is 9.55 Å². The molecule has 1 heterocycles. The minimum Gasteiger partial charge on any atom is -0.369 e. The van der Waals surface area contributed by atoms with Gasteiger partial charge in [-0.1, -0.05) is 31.2 Å². The van der Waals surface area contributed by atoms with E-state index in [0.717, 1.165) is 13.0 Å². The Labute approximate surface area is 89.6 Å². The number of nitrogens with two attached hydrogens (primary N) is 1. The number of hydrogen-bond donors (Lipinski definition) is 1. The highest BCUT2D eigenvalue weighted by Crippen LogP contribution is 2.12. The lowest BCUT2D eigenvalue weighted by Gasteiger charge is -2.09. The van der Waals surface area contributed by atoms with Crippen LogP contribution in [-0.2, 0) is 13.0 Å². The number of hydrogen-bond acceptors (Lipinski definition) is 2. The summed E-state index contributed by atoms with van der Waals surface area (Å²) in [4.78, 5) is 4.01. The topological polar surface area (TPSA) is 43.8 Å². The molecular weight excluding hydrogens is 186 g/mol. The number of aromatic nitrogens is 2. The van der Waals surface area contributed by atoms with Crippen LogP contribution in [-0.4, -0.2) is 9.55 Å². The third kappa shape index (κ3) is 2.01. The number of nitrogens with zero attached hydrogens (tertiary/aromatic N) is 2. The van der Waals surface area contributed by atoms with Crippen LogP contribution < -0.4 is 5.73 Å². The van der Waals surface area contributed by atoms with Crippen molar-refractivity contribution in [2.24, 2.45) is 0 Å². The number of nitrogen functional groups attached to an aromatic ring is 1. The van der Waals surface area contributed by atoms with Crippen LogP contribution in [0.1, 0.15) is 18.1 Å². The molecule has 15 heavy (non-hydrogen) atoms. The number of rotatable bonds is 3. The Kier molecular flexibility index (Phi) is 2.72. The number of anilines is 1. The van der Waals surface area contributed by atoms with Crippen molar-refractivity contribution in [1.29, 1.82) is 0 Å². The van der Waals surface area contributed by atoms with Crippen LogP contribution in [0, 0.1) is 0 Å². The fraction of sp³-hybridized carbons (Fsp3) is 0.250. The highest BCUT2D eigenvalue weighted by atomic mass is 15.1. The van der Waals surface area contributed by atoms with E-state index in [-0.39, 0.29) is 0 Å². The first-order valence-corrected chi connectivity index (χ1v) is 5.14. The van der Waals surface area contributed by atoms with Gasteiger partial charge in [0.15, 0.2) is 5.95 Å². The Morgan fingerprint density at radius 2 is 2.00 bits per heavy atom. The van der Waals surface area contributed by atoms with E-state index in [9.17, 15) is 0 Å². The van der Waals surface area contributed by atoms with E-state index >= 15 is 0 Å². The van der Waals surface area contributed by atoms with Gasteiger partial charge >= 0.3 is 0 Å². The van der Waals surface area contributed by atoms with Gasteiger partial charge in [0.25, 0.3) is 0 Å². The van der Waals surface area contributed by atoms with Gasteiger partial charge in [-0.25, -0.2) is 4.98 Å². The van der Waals surface area contributed by atoms with Crippen molar-refractivity contribution < 1.29 is 0 Å². The van der Waals surface area contributed by atoms with Gasteiger partial charge < -0.3 is 10.3 Å². The molecule has 3 nitrogen and oxygen atoms in total. The number of aryl methyl sites for hydroxylation is 1. The zero-order valence-electron chi connectivity index (χ0n) is 8.85. The molecule has 0 aliphatic rings. The molecule has 0 amide bonds. The van der Waals surface area contributed by atoms with Crippen molar-refractivity contribution in [2.75, 3.05) is 5.73 Å². The summed E-state index contributed by atoms with van der Waals surface area (Å²) in [6.07, 6.45) is 4.68. The third-order valence-corrected chi connectivity index (χ3v) is 2.59. The molecule has 3 heteroatoms. The molecule has 0 fully saturated rings. The van der Waals surface area contributed by atoms with E-state index in [2.05, 4.69) is 36.2 Å². The SMILES string of the molecule is CCc1ccccc1Cn1ccnc1N. The van der Waals surface area contributed by atoms with Gasteiger partial charge in [-0.05, 0) is 17.5 Å². The second kappa shape index (κ2) is 4.17. The molecule has 0 radical (unpaired) electrons. The summed E-state index contributed by atoms with van der Waals surface area (Å²) in [5.41, 5.74) is 8.41. The van der Waals surface area contributed by atoms with Crippen LogP contribution in [0.4, 0.5) is 5.95 Å². The predicted molar refractivity (Wildman–Crippen MR) is 61.6 cm³/mol. The van der Waals surface area contributed by atoms with Gasteiger partial charge in [0, 0.05) is 12.4 Å². The first-order valence-electron chi connectivity index (χ1n) is 5.14. The van der Waals surface area contributed by atoms with Crippen LogP contribution in [0.25, 0.3) is 0 Å². The maximum Gasteiger partial charge on any atom is 0.200 e. The predicted octanol–water partition coefficient (Wildman–Crippen LogP) is 2.08. The second-order valence-electron chi connectivity index (χ2n) is 3.54. The van der Waals surface area contributed by atoms with Gasteiger partial charge in [-0.2, -0.15) is 0 Å². The highest BCUT2D eigenvalue weighted by molar-refractivity contribution is 5.29. The van der Waals surface area contributed by atoms with Crippen molar-refractivity contribution in [3.05, 3.63) is 47.8 Å². The average Bonchev–Trinajstić information content (AvgIpc) is 2.65. The van der Waals surface area contributed by atoms with Crippen molar-refractivity contribution >= 4 is 5.95 Å². The summed E-state index contributed by atoms with van der Waals surface area (Å²) >= 11 is 0. The van der Waals surface area contributed by atoms with Crippen LogP contribution in [0.3, 0.4) is 0 Å². The summed E-state index contributed by atoms with van der Waals surface area (Å²) in [7, 11) is 0.